The molecule has 0 bridgehead atoms. The van der Waals surface area contributed by atoms with Crippen molar-refractivity contribution in [2.45, 2.75) is 31.7 Å². The molecule has 27 heavy (non-hydrogen) atoms. The van der Waals surface area contributed by atoms with E-state index in [2.05, 4.69) is 26.2 Å². The van der Waals surface area contributed by atoms with Gasteiger partial charge in [-0.15, -0.1) is 0 Å². The molecule has 6 heteroatoms. The van der Waals surface area contributed by atoms with Crippen molar-refractivity contribution in [3.8, 4) is 5.75 Å². The molecule has 1 atom stereocenters. The van der Waals surface area contributed by atoms with Crippen molar-refractivity contribution in [3.05, 3.63) is 52.6 Å². The molecule has 0 spiro atoms. The van der Waals surface area contributed by atoms with Crippen LogP contribution in [0.3, 0.4) is 0 Å². The standard InChI is InChI=1S/C21H24BrN3O2/c22-17-6-8-19(9-7-17)27-14-18-2-1-11-25(18)21(26)16-5-10-20(24-13-16)23-12-15-3-4-15/h5-10,13,15,18H,1-4,11-12,14H2,(H,23,24)/t18-/m0/s1. The van der Waals surface area contributed by atoms with E-state index in [-0.39, 0.29) is 11.9 Å². The molecule has 2 aliphatic rings. The number of nitrogens with one attached hydrogen (secondary N) is 1. The van der Waals surface area contributed by atoms with Crippen LogP contribution in [0.1, 0.15) is 36.0 Å². The Bertz CT molecular complexity index is 775. The normalized spacial score (nSPS) is 19.1. The summed E-state index contributed by atoms with van der Waals surface area (Å²) in [5.74, 6) is 2.50. The highest BCUT2D eigenvalue weighted by Gasteiger charge is 2.30. The molecule has 0 radical (unpaired) electrons. The zero-order chi connectivity index (χ0) is 18.6. The number of carbonyl (C=O) groups is 1. The summed E-state index contributed by atoms with van der Waals surface area (Å²) in [6.45, 7) is 2.26. The van der Waals surface area contributed by atoms with Gasteiger partial charge in [-0.2, -0.15) is 0 Å². The van der Waals surface area contributed by atoms with Crippen molar-refractivity contribution < 1.29 is 9.53 Å². The SMILES string of the molecule is O=C(c1ccc(NCC2CC2)nc1)N1CCC[C@H]1COc1ccc(Br)cc1. The molecule has 1 aromatic carbocycles. The van der Waals surface area contributed by atoms with E-state index in [0.717, 1.165) is 47.9 Å². The van der Waals surface area contributed by atoms with Crippen molar-refractivity contribution in [2.24, 2.45) is 5.92 Å². The minimum atomic E-state index is 0.0400. The zero-order valence-electron chi connectivity index (χ0n) is 15.2. The van der Waals surface area contributed by atoms with E-state index in [1.807, 2.05) is 41.3 Å². The summed E-state index contributed by atoms with van der Waals surface area (Å²) in [6, 6.07) is 11.7. The Kier molecular flexibility index (Phi) is 5.62. The molecule has 1 saturated carbocycles. The molecule has 2 aromatic rings. The second-order valence-electron chi connectivity index (χ2n) is 7.32. The van der Waals surface area contributed by atoms with Gasteiger partial charge < -0.3 is 15.0 Å². The Balaban J connectivity index is 1.34. The Morgan fingerprint density at radius 2 is 2.00 bits per heavy atom. The number of hydrogen-bond acceptors (Lipinski definition) is 4. The number of rotatable bonds is 7. The minimum absolute atomic E-state index is 0.0400. The fourth-order valence-electron chi connectivity index (χ4n) is 3.36. The number of aromatic nitrogens is 1. The number of nitrogens with zero attached hydrogens (tertiary/aromatic N) is 2. The fourth-order valence-corrected chi connectivity index (χ4v) is 3.63. The predicted molar refractivity (Wildman–Crippen MR) is 109 cm³/mol. The quantitative estimate of drug-likeness (QED) is 0.710. The van der Waals surface area contributed by atoms with Gasteiger partial charge in [-0.3, -0.25) is 4.79 Å². The molecule has 1 amide bonds. The second-order valence-corrected chi connectivity index (χ2v) is 8.23. The molecular formula is C21H24BrN3O2. The summed E-state index contributed by atoms with van der Waals surface area (Å²) in [5.41, 5.74) is 0.641. The molecule has 0 unspecified atom stereocenters. The van der Waals surface area contributed by atoms with Crippen molar-refractivity contribution in [3.63, 3.8) is 0 Å². The number of likely N-dealkylation sites (tertiary alicyclic amines) is 1. The molecular weight excluding hydrogens is 406 g/mol. The molecule has 5 nitrogen and oxygen atoms in total. The van der Waals surface area contributed by atoms with Crippen molar-refractivity contribution in [2.75, 3.05) is 25.0 Å². The van der Waals surface area contributed by atoms with Gasteiger partial charge >= 0.3 is 0 Å². The van der Waals surface area contributed by atoms with Gasteiger partial charge in [-0.05, 0) is 68.0 Å². The molecule has 142 valence electrons. The van der Waals surface area contributed by atoms with Crippen LogP contribution in [-0.2, 0) is 0 Å². The van der Waals surface area contributed by atoms with E-state index in [1.54, 1.807) is 6.20 Å². The third-order valence-corrected chi connectivity index (χ3v) is 5.70. The van der Waals surface area contributed by atoms with Crippen LogP contribution in [0.5, 0.6) is 5.75 Å². The number of amides is 1. The minimum Gasteiger partial charge on any atom is -0.491 e. The maximum atomic E-state index is 12.9. The zero-order valence-corrected chi connectivity index (χ0v) is 16.8. The van der Waals surface area contributed by atoms with Crippen LogP contribution in [0, 0.1) is 5.92 Å². The van der Waals surface area contributed by atoms with E-state index in [0.29, 0.717) is 12.2 Å². The van der Waals surface area contributed by atoms with Crippen molar-refractivity contribution in [1.29, 1.82) is 0 Å². The highest BCUT2D eigenvalue weighted by Crippen LogP contribution is 2.28. The van der Waals surface area contributed by atoms with Crippen LogP contribution in [-0.4, -0.2) is 41.5 Å². The number of pyridine rings is 1. The average molecular weight is 430 g/mol. The molecule has 2 fully saturated rings. The van der Waals surface area contributed by atoms with E-state index < -0.39 is 0 Å². The maximum absolute atomic E-state index is 12.9. The molecule has 1 aliphatic heterocycles. The first-order chi connectivity index (χ1) is 13.2. The number of ether oxygens (including phenoxy) is 1. The largest absolute Gasteiger partial charge is 0.491 e. The first-order valence-electron chi connectivity index (χ1n) is 9.58. The number of carbonyl (C=O) groups excluding carboxylic acids is 1. The molecule has 1 saturated heterocycles. The monoisotopic (exact) mass is 429 g/mol. The summed E-state index contributed by atoms with van der Waals surface area (Å²) in [4.78, 5) is 19.2. The lowest BCUT2D eigenvalue weighted by Crippen LogP contribution is -2.39. The van der Waals surface area contributed by atoms with E-state index in [1.165, 1.54) is 12.8 Å². The van der Waals surface area contributed by atoms with Gasteiger partial charge in [0.25, 0.3) is 5.91 Å². The Morgan fingerprint density at radius 3 is 2.70 bits per heavy atom. The van der Waals surface area contributed by atoms with Crippen LogP contribution in [0.15, 0.2) is 47.1 Å². The summed E-state index contributed by atoms with van der Waals surface area (Å²) in [7, 11) is 0. The fraction of sp³-hybridized carbons (Fsp3) is 0.429. The summed E-state index contributed by atoms with van der Waals surface area (Å²) in [5, 5.41) is 3.33. The average Bonchev–Trinajstić information content (AvgIpc) is 3.41. The Hall–Kier alpha value is -2.08. The second kappa shape index (κ2) is 8.30. The molecule has 4 rings (SSSR count). The van der Waals surface area contributed by atoms with E-state index >= 15 is 0 Å². The topological polar surface area (TPSA) is 54.5 Å². The number of benzene rings is 1. The molecule has 2 heterocycles. The van der Waals surface area contributed by atoms with Gasteiger partial charge in [0.15, 0.2) is 0 Å². The molecule has 1 aromatic heterocycles. The summed E-state index contributed by atoms with van der Waals surface area (Å²) in [6.07, 6.45) is 6.28. The third-order valence-electron chi connectivity index (χ3n) is 5.17. The number of halogens is 1. The van der Waals surface area contributed by atoms with Crippen LogP contribution in [0.25, 0.3) is 0 Å². The van der Waals surface area contributed by atoms with Crippen LogP contribution in [0.2, 0.25) is 0 Å². The van der Waals surface area contributed by atoms with Crippen LogP contribution >= 0.6 is 15.9 Å². The third kappa shape index (κ3) is 4.80. The van der Waals surface area contributed by atoms with Gasteiger partial charge in [0.2, 0.25) is 0 Å². The van der Waals surface area contributed by atoms with Gasteiger partial charge in [0.1, 0.15) is 18.2 Å². The first kappa shape index (κ1) is 18.3. The molecule has 1 N–H and O–H groups in total. The highest BCUT2D eigenvalue weighted by molar-refractivity contribution is 9.10. The Labute approximate surface area is 168 Å². The van der Waals surface area contributed by atoms with E-state index in [4.69, 9.17) is 4.74 Å². The summed E-state index contributed by atoms with van der Waals surface area (Å²) >= 11 is 3.42. The summed E-state index contributed by atoms with van der Waals surface area (Å²) < 4.78 is 6.92. The molecule has 1 aliphatic carbocycles. The van der Waals surface area contributed by atoms with Crippen LogP contribution < -0.4 is 10.1 Å². The number of anilines is 1. The van der Waals surface area contributed by atoms with Gasteiger partial charge in [0, 0.05) is 23.8 Å². The Morgan fingerprint density at radius 1 is 1.19 bits per heavy atom. The van der Waals surface area contributed by atoms with Crippen LogP contribution in [0.4, 0.5) is 5.82 Å². The maximum Gasteiger partial charge on any atom is 0.255 e. The van der Waals surface area contributed by atoms with Gasteiger partial charge in [-0.1, -0.05) is 15.9 Å². The smallest absolute Gasteiger partial charge is 0.255 e. The van der Waals surface area contributed by atoms with Crippen molar-refractivity contribution >= 4 is 27.7 Å². The van der Waals surface area contributed by atoms with E-state index in [9.17, 15) is 4.79 Å². The lowest BCUT2D eigenvalue weighted by Gasteiger charge is -2.25. The first-order valence-corrected chi connectivity index (χ1v) is 10.4. The van der Waals surface area contributed by atoms with Gasteiger partial charge in [0.05, 0.1) is 11.6 Å². The lowest BCUT2D eigenvalue weighted by atomic mass is 10.2. The van der Waals surface area contributed by atoms with Crippen molar-refractivity contribution in [1.82, 2.24) is 9.88 Å². The van der Waals surface area contributed by atoms with Gasteiger partial charge in [-0.25, -0.2) is 4.98 Å². The lowest BCUT2D eigenvalue weighted by molar-refractivity contribution is 0.0691. The highest BCUT2D eigenvalue weighted by atomic mass is 79.9. The number of hydrogen-bond donors (Lipinski definition) is 1. The predicted octanol–water partition coefficient (Wildman–Crippen LogP) is 4.35.